The van der Waals surface area contributed by atoms with E-state index in [-0.39, 0.29) is 6.08 Å². The summed E-state index contributed by atoms with van der Waals surface area (Å²) in [4.78, 5) is 11.2. The zero-order valence-electron chi connectivity index (χ0n) is 14.8. The first-order valence-corrected chi connectivity index (χ1v) is 8.72. The highest BCUT2D eigenvalue weighted by Gasteiger charge is 2.59. The molecule has 4 nitrogen and oxygen atoms in total. The van der Waals surface area contributed by atoms with E-state index in [2.05, 4.69) is 9.46 Å². The van der Waals surface area contributed by atoms with Crippen LogP contribution in [0.1, 0.15) is 26.3 Å². The lowest BCUT2D eigenvalue weighted by molar-refractivity contribution is -0.135. The molecule has 0 spiro atoms. The van der Waals surface area contributed by atoms with Crippen molar-refractivity contribution in [3.05, 3.63) is 47.8 Å². The van der Waals surface area contributed by atoms with Crippen molar-refractivity contribution < 1.29 is 31.6 Å². The number of alkyl halides is 3. The summed E-state index contributed by atoms with van der Waals surface area (Å²) in [5.41, 5.74) is -3.69. The molecule has 2 unspecified atom stereocenters. The Morgan fingerprint density at radius 2 is 1.88 bits per heavy atom. The Balaban J connectivity index is 3.57. The third-order valence-corrected chi connectivity index (χ3v) is 5.20. The maximum Gasteiger partial charge on any atom is 0.330 e. The number of ether oxygens (including phenoxy) is 1. The highest BCUT2D eigenvalue weighted by atomic mass is 32.2. The normalized spacial score (nSPS) is 16.3. The summed E-state index contributed by atoms with van der Waals surface area (Å²) < 4.78 is 75.9. The van der Waals surface area contributed by atoms with Gasteiger partial charge in [0.05, 0.1) is 7.11 Å². The van der Waals surface area contributed by atoms with Gasteiger partial charge in [-0.15, -0.1) is 4.72 Å². The first-order chi connectivity index (χ1) is 11.9. The SMILES string of the molecule is COC(=O)/C=C/C(F)(F)C(CF)(N[S+]([O-])C(C)(C)C)c1ccccc1F. The van der Waals surface area contributed by atoms with Crippen LogP contribution >= 0.6 is 0 Å². The molecule has 146 valence electrons. The molecular formula is C17H21F4NO3S. The molecule has 26 heavy (non-hydrogen) atoms. The van der Waals surface area contributed by atoms with Crippen molar-refractivity contribution in [2.75, 3.05) is 13.8 Å². The van der Waals surface area contributed by atoms with Crippen LogP contribution in [0.2, 0.25) is 0 Å². The first kappa shape index (κ1) is 22.5. The maximum atomic E-state index is 15.0. The molecule has 0 aliphatic carbocycles. The van der Waals surface area contributed by atoms with Crippen LogP contribution in [0.25, 0.3) is 0 Å². The number of esters is 1. The molecule has 0 aliphatic heterocycles. The predicted molar refractivity (Wildman–Crippen MR) is 91.2 cm³/mol. The fourth-order valence-corrected chi connectivity index (χ4v) is 2.92. The number of carbonyl (C=O) groups excluding carboxylic acids is 1. The molecule has 0 saturated carbocycles. The molecule has 1 rings (SSSR count). The van der Waals surface area contributed by atoms with Crippen molar-refractivity contribution in [2.45, 2.75) is 37.0 Å². The van der Waals surface area contributed by atoms with Crippen LogP contribution in [-0.2, 0) is 26.4 Å². The summed E-state index contributed by atoms with van der Waals surface area (Å²) in [5.74, 6) is -6.31. The van der Waals surface area contributed by atoms with Crippen molar-refractivity contribution in [2.24, 2.45) is 0 Å². The second-order valence-electron chi connectivity index (χ2n) is 6.48. The Bertz CT molecular complexity index is 664. The Morgan fingerprint density at radius 3 is 2.35 bits per heavy atom. The number of carbonyl (C=O) groups is 1. The second-order valence-corrected chi connectivity index (χ2v) is 8.45. The highest BCUT2D eigenvalue weighted by molar-refractivity contribution is 7.90. The smallest absolute Gasteiger partial charge is 0.330 e. The summed E-state index contributed by atoms with van der Waals surface area (Å²) in [6.45, 7) is 2.68. The fraction of sp³-hybridized carbons (Fsp3) is 0.471. The molecular weight excluding hydrogens is 374 g/mol. The van der Waals surface area contributed by atoms with E-state index in [4.69, 9.17) is 0 Å². The molecule has 0 aromatic heterocycles. The van der Waals surface area contributed by atoms with Crippen molar-refractivity contribution in [3.8, 4) is 0 Å². The van der Waals surface area contributed by atoms with Gasteiger partial charge in [-0.2, -0.15) is 8.78 Å². The van der Waals surface area contributed by atoms with Gasteiger partial charge in [0.2, 0.25) is 0 Å². The van der Waals surface area contributed by atoms with Gasteiger partial charge in [-0.05, 0) is 32.9 Å². The first-order valence-electron chi connectivity index (χ1n) is 7.57. The van der Waals surface area contributed by atoms with E-state index >= 15 is 0 Å². The molecule has 0 radical (unpaired) electrons. The van der Waals surface area contributed by atoms with E-state index in [1.807, 2.05) is 0 Å². The molecule has 0 aliphatic rings. The minimum atomic E-state index is -4.11. The van der Waals surface area contributed by atoms with Gasteiger partial charge in [0, 0.05) is 23.0 Å². The number of methoxy groups -OCH3 is 1. The van der Waals surface area contributed by atoms with Gasteiger partial charge in [0.1, 0.15) is 17.2 Å². The van der Waals surface area contributed by atoms with E-state index in [1.54, 1.807) is 0 Å². The van der Waals surface area contributed by atoms with Gasteiger partial charge in [0.25, 0.3) is 5.92 Å². The van der Waals surface area contributed by atoms with Crippen LogP contribution in [0, 0.1) is 5.82 Å². The Kier molecular flexibility index (Phi) is 7.26. The predicted octanol–water partition coefficient (Wildman–Crippen LogP) is 3.41. The third-order valence-electron chi connectivity index (χ3n) is 3.56. The third kappa shape index (κ3) is 4.77. The van der Waals surface area contributed by atoms with Gasteiger partial charge in [-0.1, -0.05) is 18.2 Å². The van der Waals surface area contributed by atoms with Gasteiger partial charge in [-0.25, -0.2) is 13.6 Å². The number of rotatable bonds is 7. The van der Waals surface area contributed by atoms with Crippen LogP contribution in [-0.4, -0.2) is 35.0 Å². The van der Waals surface area contributed by atoms with Gasteiger partial charge in [-0.3, -0.25) is 0 Å². The number of nitrogens with one attached hydrogen (secondary N) is 1. The molecule has 2 atom stereocenters. The topological polar surface area (TPSA) is 61.4 Å². The lowest BCUT2D eigenvalue weighted by Crippen LogP contribution is -2.61. The molecule has 0 fully saturated rings. The monoisotopic (exact) mass is 395 g/mol. The maximum absolute atomic E-state index is 15.0. The second kappa shape index (κ2) is 8.41. The molecule has 0 amide bonds. The zero-order valence-corrected chi connectivity index (χ0v) is 15.6. The molecule has 0 saturated heterocycles. The van der Waals surface area contributed by atoms with Crippen molar-refractivity contribution in [1.29, 1.82) is 0 Å². The van der Waals surface area contributed by atoms with Gasteiger partial charge < -0.3 is 9.29 Å². The summed E-state index contributed by atoms with van der Waals surface area (Å²) in [5, 5.41) is 0. The zero-order chi connectivity index (χ0) is 20.2. The molecule has 1 N–H and O–H groups in total. The molecule has 1 aromatic carbocycles. The average molecular weight is 395 g/mol. The largest absolute Gasteiger partial charge is 0.598 e. The summed E-state index contributed by atoms with van der Waals surface area (Å²) >= 11 is -2.16. The van der Waals surface area contributed by atoms with Gasteiger partial charge >= 0.3 is 5.97 Å². The summed E-state index contributed by atoms with van der Waals surface area (Å²) in [6.07, 6.45) is 0.519. The lowest BCUT2D eigenvalue weighted by atomic mass is 9.85. The van der Waals surface area contributed by atoms with E-state index in [1.165, 1.54) is 32.9 Å². The van der Waals surface area contributed by atoms with E-state index < -0.39 is 51.6 Å². The lowest BCUT2D eigenvalue weighted by Gasteiger charge is -2.39. The van der Waals surface area contributed by atoms with Crippen LogP contribution < -0.4 is 4.72 Å². The number of benzene rings is 1. The Morgan fingerprint density at radius 1 is 1.31 bits per heavy atom. The van der Waals surface area contributed by atoms with Crippen LogP contribution in [0.5, 0.6) is 0 Å². The molecule has 1 aromatic rings. The number of hydrogen-bond acceptors (Lipinski definition) is 4. The number of halogens is 4. The number of hydrogen-bond donors (Lipinski definition) is 1. The summed E-state index contributed by atoms with van der Waals surface area (Å²) in [6, 6.07) is 4.37. The Labute approximate surface area is 152 Å². The fourth-order valence-electron chi connectivity index (χ4n) is 1.99. The van der Waals surface area contributed by atoms with E-state index in [9.17, 15) is 26.9 Å². The quantitative estimate of drug-likeness (QED) is 0.333. The molecule has 9 heteroatoms. The molecule has 0 heterocycles. The average Bonchev–Trinajstić information content (AvgIpc) is 2.57. The Hall–Kier alpha value is -1.58. The van der Waals surface area contributed by atoms with Crippen molar-refractivity contribution >= 4 is 17.3 Å². The molecule has 0 bridgehead atoms. The van der Waals surface area contributed by atoms with E-state index in [0.717, 1.165) is 19.2 Å². The van der Waals surface area contributed by atoms with Crippen LogP contribution in [0.3, 0.4) is 0 Å². The minimum absolute atomic E-state index is 0.109. The van der Waals surface area contributed by atoms with E-state index in [0.29, 0.717) is 6.08 Å². The highest BCUT2D eigenvalue weighted by Crippen LogP contribution is 2.42. The van der Waals surface area contributed by atoms with Crippen LogP contribution in [0.15, 0.2) is 36.4 Å². The summed E-state index contributed by atoms with van der Waals surface area (Å²) in [7, 11) is 0.983. The van der Waals surface area contributed by atoms with Gasteiger partial charge in [0.15, 0.2) is 5.54 Å². The minimum Gasteiger partial charge on any atom is -0.598 e. The van der Waals surface area contributed by atoms with Crippen LogP contribution in [0.4, 0.5) is 17.6 Å². The van der Waals surface area contributed by atoms with Crippen molar-refractivity contribution in [1.82, 2.24) is 4.72 Å². The standard InChI is InChI=1S/C17H21F4NO3S/c1-15(2,3)26(24)22-16(11-18,12-7-5-6-8-13(12)19)17(20,21)10-9-14(23)25-4/h5-10,22H,11H2,1-4H3/b10-9+. The van der Waals surface area contributed by atoms with Crippen molar-refractivity contribution in [3.63, 3.8) is 0 Å².